The summed E-state index contributed by atoms with van der Waals surface area (Å²) in [7, 11) is 0. The van der Waals surface area contributed by atoms with E-state index in [0.717, 1.165) is 25.7 Å². The Bertz CT molecular complexity index is 877. The molecule has 36 heavy (non-hydrogen) atoms. The van der Waals surface area contributed by atoms with E-state index in [9.17, 15) is 4.79 Å². The van der Waals surface area contributed by atoms with Crippen LogP contribution in [-0.4, -0.2) is 17.6 Å². The van der Waals surface area contributed by atoms with Gasteiger partial charge in [-0.15, -0.1) is 0 Å². The monoisotopic (exact) mass is 489 g/mol. The van der Waals surface area contributed by atoms with E-state index in [1.54, 1.807) is 0 Å². The van der Waals surface area contributed by atoms with Crippen LogP contribution < -0.4 is 0 Å². The fourth-order valence-corrected chi connectivity index (χ4v) is 5.25. The molecule has 3 nitrogen and oxygen atoms in total. The van der Waals surface area contributed by atoms with Crippen molar-refractivity contribution in [3.8, 4) is 0 Å². The first-order valence-electron chi connectivity index (χ1n) is 14.6. The summed E-state index contributed by atoms with van der Waals surface area (Å²) in [6, 6.07) is 20.8. The van der Waals surface area contributed by atoms with Gasteiger partial charge >= 0.3 is 0 Å². The van der Waals surface area contributed by atoms with Gasteiger partial charge in [0.1, 0.15) is 11.8 Å². The van der Waals surface area contributed by atoms with Gasteiger partial charge in [0.25, 0.3) is 0 Å². The predicted molar refractivity (Wildman–Crippen MR) is 151 cm³/mol. The third-order valence-corrected chi connectivity index (χ3v) is 7.46. The van der Waals surface area contributed by atoms with Gasteiger partial charge < -0.3 is 4.84 Å². The molecular weight excluding hydrogens is 442 g/mol. The van der Waals surface area contributed by atoms with Gasteiger partial charge in [-0.05, 0) is 24.0 Å². The van der Waals surface area contributed by atoms with Crippen molar-refractivity contribution in [2.24, 2.45) is 11.1 Å². The number of oxime groups is 1. The third-order valence-electron chi connectivity index (χ3n) is 7.46. The zero-order valence-electron chi connectivity index (χ0n) is 22.5. The molecule has 0 bridgehead atoms. The summed E-state index contributed by atoms with van der Waals surface area (Å²) in [6.07, 6.45) is 19.1. The van der Waals surface area contributed by atoms with Crippen molar-refractivity contribution in [1.82, 2.24) is 0 Å². The van der Waals surface area contributed by atoms with Crippen LogP contribution in [0.25, 0.3) is 0 Å². The molecular formula is C33H47NO2. The molecule has 196 valence electrons. The van der Waals surface area contributed by atoms with E-state index in [0.29, 0.717) is 12.1 Å². The standard InChI is InChI=1S/C33H47NO2/c1-2-3-4-5-6-7-8-9-10-11-12-13-20-25-31(35)33-30(26-28-21-16-14-17-22-28)32(36-34-33)27-29-23-18-15-19-24-29/h14-19,21-24,30,32H,2-13,20,25-27H2,1H3. The molecule has 0 saturated heterocycles. The lowest BCUT2D eigenvalue weighted by Crippen LogP contribution is -2.31. The van der Waals surface area contributed by atoms with Crippen molar-refractivity contribution in [2.75, 3.05) is 0 Å². The van der Waals surface area contributed by atoms with Crippen LogP contribution in [0.1, 0.15) is 108 Å². The number of hydrogen-bond acceptors (Lipinski definition) is 3. The van der Waals surface area contributed by atoms with Gasteiger partial charge in [0.15, 0.2) is 5.78 Å². The van der Waals surface area contributed by atoms with Gasteiger partial charge in [0, 0.05) is 12.8 Å². The number of carbonyl (C=O) groups is 1. The Morgan fingerprint density at radius 2 is 1.14 bits per heavy atom. The zero-order valence-corrected chi connectivity index (χ0v) is 22.5. The molecule has 0 N–H and O–H groups in total. The lowest BCUT2D eigenvalue weighted by Gasteiger charge is -2.19. The van der Waals surface area contributed by atoms with Gasteiger partial charge in [0.05, 0.1) is 5.92 Å². The van der Waals surface area contributed by atoms with E-state index in [1.165, 1.54) is 81.8 Å². The Kier molecular flexibility index (Phi) is 13.4. The molecule has 1 heterocycles. The molecule has 3 rings (SSSR count). The van der Waals surface area contributed by atoms with Gasteiger partial charge in [-0.3, -0.25) is 4.79 Å². The maximum Gasteiger partial charge on any atom is 0.180 e. The molecule has 2 aromatic carbocycles. The molecule has 1 aliphatic rings. The Balaban J connectivity index is 1.36. The van der Waals surface area contributed by atoms with E-state index in [2.05, 4.69) is 60.6 Å². The second-order valence-electron chi connectivity index (χ2n) is 10.5. The number of ketones is 1. The van der Waals surface area contributed by atoms with Crippen LogP contribution in [0.4, 0.5) is 0 Å². The van der Waals surface area contributed by atoms with Crippen molar-refractivity contribution in [3.05, 3.63) is 71.8 Å². The van der Waals surface area contributed by atoms with Crippen LogP contribution in [0.2, 0.25) is 0 Å². The van der Waals surface area contributed by atoms with Crippen LogP contribution in [0.5, 0.6) is 0 Å². The summed E-state index contributed by atoms with van der Waals surface area (Å²) in [5.74, 6) is 0.191. The summed E-state index contributed by atoms with van der Waals surface area (Å²) >= 11 is 0. The van der Waals surface area contributed by atoms with Crippen LogP contribution >= 0.6 is 0 Å². The van der Waals surface area contributed by atoms with Crippen LogP contribution in [0, 0.1) is 5.92 Å². The average molecular weight is 490 g/mol. The Morgan fingerprint density at radius 3 is 1.67 bits per heavy atom. The van der Waals surface area contributed by atoms with E-state index in [4.69, 9.17) is 4.84 Å². The average Bonchev–Trinajstić information content (AvgIpc) is 3.29. The molecule has 0 saturated carbocycles. The van der Waals surface area contributed by atoms with Crippen molar-refractivity contribution in [1.29, 1.82) is 0 Å². The summed E-state index contributed by atoms with van der Waals surface area (Å²) in [6.45, 7) is 2.28. The highest BCUT2D eigenvalue weighted by atomic mass is 16.6. The minimum atomic E-state index is -0.0850. The number of carbonyl (C=O) groups excluding carboxylic acids is 1. The highest BCUT2D eigenvalue weighted by molar-refractivity contribution is 6.41. The Hall–Kier alpha value is -2.42. The second-order valence-corrected chi connectivity index (χ2v) is 10.5. The molecule has 0 aromatic heterocycles. The summed E-state index contributed by atoms with van der Waals surface area (Å²) < 4.78 is 0. The molecule has 2 atom stereocenters. The topological polar surface area (TPSA) is 38.7 Å². The lowest BCUT2D eigenvalue weighted by atomic mass is 9.85. The maximum atomic E-state index is 13.1. The van der Waals surface area contributed by atoms with Gasteiger partial charge in [-0.2, -0.15) is 0 Å². The first-order valence-corrected chi connectivity index (χ1v) is 14.6. The van der Waals surface area contributed by atoms with Crippen molar-refractivity contribution in [2.45, 2.75) is 116 Å². The SMILES string of the molecule is CCCCCCCCCCCCCCCC(=O)C1=NOC(Cc2ccccc2)C1Cc1ccccc1. The van der Waals surface area contributed by atoms with Crippen molar-refractivity contribution < 1.29 is 9.63 Å². The predicted octanol–water partition coefficient (Wildman–Crippen LogP) is 8.89. The van der Waals surface area contributed by atoms with E-state index in [1.807, 2.05) is 12.1 Å². The summed E-state index contributed by atoms with van der Waals surface area (Å²) in [5.41, 5.74) is 3.10. The Morgan fingerprint density at radius 1 is 0.667 bits per heavy atom. The summed E-state index contributed by atoms with van der Waals surface area (Å²) in [4.78, 5) is 19.0. The van der Waals surface area contributed by atoms with Gasteiger partial charge in [-0.1, -0.05) is 150 Å². The highest BCUT2D eigenvalue weighted by Crippen LogP contribution is 2.27. The van der Waals surface area contributed by atoms with Gasteiger partial charge in [-0.25, -0.2) is 0 Å². The van der Waals surface area contributed by atoms with Crippen LogP contribution in [0.3, 0.4) is 0 Å². The molecule has 2 unspecified atom stereocenters. The molecule has 1 aliphatic heterocycles. The van der Waals surface area contributed by atoms with Crippen LogP contribution in [-0.2, 0) is 22.5 Å². The minimum absolute atomic E-state index is 0.0158. The van der Waals surface area contributed by atoms with Crippen molar-refractivity contribution in [3.63, 3.8) is 0 Å². The first kappa shape index (κ1) is 28.2. The molecule has 3 heteroatoms. The van der Waals surface area contributed by atoms with E-state index >= 15 is 0 Å². The number of Topliss-reactive ketones (excluding diaryl/α,β-unsaturated/α-hetero) is 1. The number of unbranched alkanes of at least 4 members (excludes halogenated alkanes) is 12. The fraction of sp³-hybridized carbons (Fsp3) is 0.576. The smallest absolute Gasteiger partial charge is 0.180 e. The molecule has 0 fully saturated rings. The third kappa shape index (κ3) is 10.3. The largest absolute Gasteiger partial charge is 0.391 e. The lowest BCUT2D eigenvalue weighted by molar-refractivity contribution is -0.113. The summed E-state index contributed by atoms with van der Waals surface area (Å²) in [5, 5.41) is 4.34. The number of rotatable bonds is 19. The Labute approximate surface area is 219 Å². The van der Waals surface area contributed by atoms with E-state index in [-0.39, 0.29) is 17.8 Å². The highest BCUT2D eigenvalue weighted by Gasteiger charge is 2.37. The van der Waals surface area contributed by atoms with Gasteiger partial charge in [0.2, 0.25) is 0 Å². The van der Waals surface area contributed by atoms with Crippen LogP contribution in [0.15, 0.2) is 65.8 Å². The second kappa shape index (κ2) is 17.1. The molecule has 2 aromatic rings. The normalized spacial score (nSPS) is 17.1. The number of hydrogen-bond donors (Lipinski definition) is 0. The van der Waals surface area contributed by atoms with E-state index < -0.39 is 0 Å². The van der Waals surface area contributed by atoms with Crippen molar-refractivity contribution >= 4 is 11.5 Å². The number of nitrogens with zero attached hydrogens (tertiary/aromatic N) is 1. The molecule has 0 aliphatic carbocycles. The molecule has 0 amide bonds. The molecule has 0 radical (unpaired) electrons. The molecule has 0 spiro atoms. The maximum absolute atomic E-state index is 13.1. The number of benzene rings is 2. The minimum Gasteiger partial charge on any atom is -0.391 e. The zero-order chi connectivity index (χ0) is 25.3. The fourth-order valence-electron chi connectivity index (χ4n) is 5.25. The quantitative estimate of drug-likeness (QED) is 0.185. The first-order chi connectivity index (χ1) is 17.8.